The van der Waals surface area contributed by atoms with Crippen LogP contribution in [0.15, 0.2) is 60.9 Å². The van der Waals surface area contributed by atoms with Crippen molar-refractivity contribution in [2.24, 2.45) is 5.41 Å². The van der Waals surface area contributed by atoms with Gasteiger partial charge in [0.1, 0.15) is 22.3 Å². The molecule has 0 aliphatic heterocycles. The van der Waals surface area contributed by atoms with Crippen LogP contribution in [-0.4, -0.2) is 41.1 Å². The number of Topliss-reactive ketones (excluding diaryl/α,β-unsaturated/α-hetero) is 2. The molecule has 41 heavy (non-hydrogen) atoms. The first-order valence-corrected chi connectivity index (χ1v) is 13.5. The van der Waals surface area contributed by atoms with E-state index in [-0.39, 0.29) is 47.0 Å². The summed E-state index contributed by atoms with van der Waals surface area (Å²) in [6.45, 7) is 2.27. The molecule has 0 bridgehead atoms. The summed E-state index contributed by atoms with van der Waals surface area (Å²) in [5, 5.41) is 3.50. The normalized spacial score (nSPS) is 13.5. The van der Waals surface area contributed by atoms with Gasteiger partial charge in [-0.3, -0.25) is 19.4 Å². The van der Waals surface area contributed by atoms with Crippen molar-refractivity contribution >= 4 is 40.0 Å². The van der Waals surface area contributed by atoms with Crippen molar-refractivity contribution in [1.29, 1.82) is 0 Å². The summed E-state index contributed by atoms with van der Waals surface area (Å²) in [6, 6.07) is 12.2. The lowest BCUT2D eigenvalue weighted by Crippen LogP contribution is -2.29. The number of hydrogen-bond donors (Lipinski definition) is 1. The Morgan fingerprint density at radius 3 is 2.32 bits per heavy atom. The zero-order chi connectivity index (χ0) is 29.1. The minimum Gasteiger partial charge on any atom is -0.496 e. The van der Waals surface area contributed by atoms with Gasteiger partial charge in [0, 0.05) is 43.2 Å². The standard InChI is InChI=1S/C31H27ClFN3O5/c1-3-34-29(39)22-15-21-24(16-26(22)40-2)35-11-8-25(21)41-30-23(32)12-19(17-36-30)14-28(38)31(9-10-31)27(37)13-18-4-6-20(33)7-5-18/h4-8,11-12,15-17H,3,9-10,13-14H2,1-2H3,(H,34,39). The number of rotatable bonds is 11. The molecular formula is C31H27ClFN3O5. The summed E-state index contributed by atoms with van der Waals surface area (Å²) < 4.78 is 24.6. The van der Waals surface area contributed by atoms with Crippen LogP contribution in [0, 0.1) is 11.2 Å². The van der Waals surface area contributed by atoms with Gasteiger partial charge in [-0.1, -0.05) is 23.7 Å². The van der Waals surface area contributed by atoms with E-state index in [1.165, 1.54) is 25.4 Å². The Labute approximate surface area is 240 Å². The first-order valence-electron chi connectivity index (χ1n) is 13.1. The van der Waals surface area contributed by atoms with Crippen LogP contribution in [0.5, 0.6) is 17.4 Å². The van der Waals surface area contributed by atoms with Gasteiger partial charge in [0.25, 0.3) is 5.91 Å². The van der Waals surface area contributed by atoms with Gasteiger partial charge in [0.15, 0.2) is 11.6 Å². The first kappa shape index (κ1) is 28.2. The maximum absolute atomic E-state index is 13.2. The quantitative estimate of drug-likeness (QED) is 0.229. The second-order valence-electron chi connectivity index (χ2n) is 9.88. The number of carbonyl (C=O) groups is 3. The third-order valence-corrected chi connectivity index (χ3v) is 7.41. The highest BCUT2D eigenvalue weighted by Gasteiger charge is 2.54. The maximum atomic E-state index is 13.2. The summed E-state index contributed by atoms with van der Waals surface area (Å²) in [4.78, 5) is 47.4. The van der Waals surface area contributed by atoms with E-state index in [0.29, 0.717) is 58.5 Å². The molecule has 0 atom stereocenters. The molecule has 0 unspecified atom stereocenters. The molecule has 1 aliphatic rings. The second kappa shape index (κ2) is 11.6. The van der Waals surface area contributed by atoms with Crippen LogP contribution >= 0.6 is 11.6 Å². The number of hydrogen-bond acceptors (Lipinski definition) is 7. The van der Waals surface area contributed by atoms with E-state index < -0.39 is 5.41 Å². The number of amides is 1. The van der Waals surface area contributed by atoms with Gasteiger partial charge < -0.3 is 14.8 Å². The molecule has 2 aromatic heterocycles. The maximum Gasteiger partial charge on any atom is 0.255 e. The van der Waals surface area contributed by atoms with E-state index >= 15 is 0 Å². The van der Waals surface area contributed by atoms with Gasteiger partial charge in [0.05, 0.1) is 23.6 Å². The monoisotopic (exact) mass is 575 g/mol. The number of fused-ring (bicyclic) bond motifs is 1. The number of ether oxygens (including phenoxy) is 2. The third kappa shape index (κ3) is 5.90. The highest BCUT2D eigenvalue weighted by molar-refractivity contribution is 6.32. The van der Waals surface area contributed by atoms with E-state index in [1.807, 2.05) is 6.92 Å². The number of methoxy groups -OCH3 is 1. The highest BCUT2D eigenvalue weighted by Crippen LogP contribution is 2.49. The molecule has 0 radical (unpaired) electrons. The molecule has 1 N–H and O–H groups in total. The molecule has 1 amide bonds. The molecule has 5 rings (SSSR count). The van der Waals surface area contributed by atoms with Gasteiger partial charge in [-0.2, -0.15) is 0 Å². The number of aromatic nitrogens is 2. The van der Waals surface area contributed by atoms with Gasteiger partial charge >= 0.3 is 0 Å². The van der Waals surface area contributed by atoms with Gasteiger partial charge in [0.2, 0.25) is 5.88 Å². The number of halogens is 2. The first-order chi connectivity index (χ1) is 19.7. The molecule has 1 aliphatic carbocycles. The van der Waals surface area contributed by atoms with Crippen molar-refractivity contribution in [3.8, 4) is 17.4 Å². The van der Waals surface area contributed by atoms with Crippen LogP contribution in [0.4, 0.5) is 4.39 Å². The van der Waals surface area contributed by atoms with E-state index in [9.17, 15) is 18.8 Å². The predicted molar refractivity (Wildman–Crippen MR) is 151 cm³/mol. The Morgan fingerprint density at radius 2 is 1.68 bits per heavy atom. The average molecular weight is 576 g/mol. The van der Waals surface area contributed by atoms with Gasteiger partial charge in [-0.05, 0) is 61.2 Å². The SMILES string of the molecule is CCNC(=O)c1cc2c(Oc3ncc(CC(=O)C4(C(=O)Cc5ccc(F)cc5)CC4)cc3Cl)ccnc2cc1OC. The second-order valence-corrected chi connectivity index (χ2v) is 10.3. The summed E-state index contributed by atoms with van der Waals surface area (Å²) in [7, 11) is 1.48. The van der Waals surface area contributed by atoms with Crippen molar-refractivity contribution in [3.05, 3.63) is 88.5 Å². The van der Waals surface area contributed by atoms with E-state index in [2.05, 4.69) is 15.3 Å². The van der Waals surface area contributed by atoms with Crippen LogP contribution in [-0.2, 0) is 22.4 Å². The molecule has 0 saturated heterocycles. The van der Waals surface area contributed by atoms with Crippen LogP contribution in [0.2, 0.25) is 5.02 Å². The lowest BCUT2D eigenvalue weighted by molar-refractivity contribution is -0.133. The fourth-order valence-electron chi connectivity index (χ4n) is 4.73. The van der Waals surface area contributed by atoms with Crippen molar-refractivity contribution in [3.63, 3.8) is 0 Å². The Balaban J connectivity index is 1.33. The van der Waals surface area contributed by atoms with Crippen molar-refractivity contribution in [2.75, 3.05) is 13.7 Å². The zero-order valence-electron chi connectivity index (χ0n) is 22.5. The fourth-order valence-corrected chi connectivity index (χ4v) is 4.96. The summed E-state index contributed by atoms with van der Waals surface area (Å²) in [6.07, 6.45) is 4.11. The molecule has 2 aromatic carbocycles. The summed E-state index contributed by atoms with van der Waals surface area (Å²) in [5.41, 5.74) is 1.08. The molecule has 1 fully saturated rings. The van der Waals surface area contributed by atoms with Crippen LogP contribution < -0.4 is 14.8 Å². The lowest BCUT2D eigenvalue weighted by atomic mass is 9.88. The molecule has 8 nitrogen and oxygen atoms in total. The molecular weight excluding hydrogens is 549 g/mol. The van der Waals surface area contributed by atoms with Gasteiger partial charge in [-0.25, -0.2) is 9.37 Å². The van der Waals surface area contributed by atoms with E-state index in [0.717, 1.165) is 0 Å². The molecule has 0 spiro atoms. The van der Waals surface area contributed by atoms with Gasteiger partial charge in [-0.15, -0.1) is 0 Å². The number of pyridine rings is 2. The van der Waals surface area contributed by atoms with Crippen LogP contribution in [0.3, 0.4) is 0 Å². The Hall–Kier alpha value is -4.37. The highest BCUT2D eigenvalue weighted by atomic mass is 35.5. The number of ketones is 2. The third-order valence-electron chi connectivity index (χ3n) is 7.14. The number of nitrogens with zero attached hydrogens (tertiary/aromatic N) is 2. The fraction of sp³-hybridized carbons (Fsp3) is 0.258. The molecule has 10 heteroatoms. The topological polar surface area (TPSA) is 107 Å². The predicted octanol–water partition coefficient (Wildman–Crippen LogP) is 5.68. The van der Waals surface area contributed by atoms with Crippen LogP contribution in [0.1, 0.15) is 41.3 Å². The molecule has 1 saturated carbocycles. The van der Waals surface area contributed by atoms with Crippen molar-refractivity contribution in [2.45, 2.75) is 32.6 Å². The Morgan fingerprint density at radius 1 is 0.976 bits per heavy atom. The smallest absolute Gasteiger partial charge is 0.255 e. The minimum atomic E-state index is -1.02. The molecule has 2 heterocycles. The number of carbonyl (C=O) groups excluding carboxylic acids is 3. The van der Waals surface area contributed by atoms with E-state index in [1.54, 1.807) is 42.6 Å². The van der Waals surface area contributed by atoms with E-state index in [4.69, 9.17) is 21.1 Å². The lowest BCUT2D eigenvalue weighted by Gasteiger charge is -2.14. The van der Waals surface area contributed by atoms with Crippen molar-refractivity contribution in [1.82, 2.24) is 15.3 Å². The zero-order valence-corrected chi connectivity index (χ0v) is 23.3. The summed E-state index contributed by atoms with van der Waals surface area (Å²) in [5.74, 6) is -0.163. The average Bonchev–Trinajstić information content (AvgIpc) is 3.78. The Bertz CT molecular complexity index is 1650. The summed E-state index contributed by atoms with van der Waals surface area (Å²) >= 11 is 6.50. The Kier molecular flexibility index (Phi) is 7.99. The van der Waals surface area contributed by atoms with Crippen LogP contribution in [0.25, 0.3) is 10.9 Å². The molecule has 210 valence electrons. The molecule has 4 aromatic rings. The largest absolute Gasteiger partial charge is 0.496 e. The van der Waals surface area contributed by atoms with Crippen molar-refractivity contribution < 1.29 is 28.2 Å². The number of nitrogens with one attached hydrogen (secondary N) is 1. The minimum absolute atomic E-state index is 0.00393. The number of benzene rings is 2.